The first kappa shape index (κ1) is 16.4. The first-order valence-electron chi connectivity index (χ1n) is 6.01. The van der Waals surface area contributed by atoms with E-state index in [9.17, 15) is 19.7 Å². The Kier molecular flexibility index (Phi) is 5.61. The van der Waals surface area contributed by atoms with Gasteiger partial charge in [0.2, 0.25) is 0 Å². The average molecular weight is 297 g/mol. The summed E-state index contributed by atoms with van der Waals surface area (Å²) in [7, 11) is 0. The van der Waals surface area contributed by atoms with Gasteiger partial charge < -0.3 is 20.8 Å². The fourth-order valence-electron chi connectivity index (χ4n) is 1.60. The number of rotatable bonds is 6. The Morgan fingerprint density at radius 1 is 1.43 bits per heavy atom. The summed E-state index contributed by atoms with van der Waals surface area (Å²) in [5.41, 5.74) is 0.682. The van der Waals surface area contributed by atoms with Crippen LogP contribution in [0, 0.1) is 17.0 Å². The molecule has 0 aliphatic heterocycles. The van der Waals surface area contributed by atoms with Gasteiger partial charge in [0.1, 0.15) is 6.04 Å². The number of aryl methyl sites for hydroxylation is 1. The molecule has 2 amide bonds. The van der Waals surface area contributed by atoms with Gasteiger partial charge in [-0.2, -0.15) is 0 Å². The number of amides is 2. The van der Waals surface area contributed by atoms with E-state index in [1.807, 2.05) is 0 Å². The minimum absolute atomic E-state index is 0.109. The Bertz CT molecular complexity index is 560. The van der Waals surface area contributed by atoms with E-state index in [0.717, 1.165) is 0 Å². The number of anilines is 1. The van der Waals surface area contributed by atoms with Crippen LogP contribution in [0.15, 0.2) is 18.2 Å². The lowest BCUT2D eigenvalue weighted by Crippen LogP contribution is -2.43. The van der Waals surface area contributed by atoms with Crippen molar-refractivity contribution in [2.75, 3.05) is 11.9 Å². The van der Waals surface area contributed by atoms with E-state index < -0.39 is 23.0 Å². The first-order chi connectivity index (χ1) is 9.85. The Morgan fingerprint density at radius 3 is 2.57 bits per heavy atom. The van der Waals surface area contributed by atoms with Crippen LogP contribution in [0.3, 0.4) is 0 Å². The van der Waals surface area contributed by atoms with E-state index >= 15 is 0 Å². The van der Waals surface area contributed by atoms with Crippen molar-refractivity contribution in [3.05, 3.63) is 33.9 Å². The quantitative estimate of drug-likeness (QED) is 0.453. The lowest BCUT2D eigenvalue weighted by Gasteiger charge is -2.14. The summed E-state index contributed by atoms with van der Waals surface area (Å²) in [6.07, 6.45) is -0.123. The average Bonchev–Trinajstić information content (AvgIpc) is 2.40. The van der Waals surface area contributed by atoms with Gasteiger partial charge >= 0.3 is 12.0 Å². The van der Waals surface area contributed by atoms with Gasteiger partial charge in [0.15, 0.2) is 0 Å². The molecule has 0 aromatic heterocycles. The molecular weight excluding hydrogens is 282 g/mol. The van der Waals surface area contributed by atoms with E-state index in [4.69, 9.17) is 10.2 Å². The van der Waals surface area contributed by atoms with Crippen molar-refractivity contribution in [1.82, 2.24) is 5.32 Å². The van der Waals surface area contributed by atoms with Gasteiger partial charge in [0, 0.05) is 30.8 Å². The summed E-state index contributed by atoms with van der Waals surface area (Å²) >= 11 is 0. The van der Waals surface area contributed by atoms with E-state index in [1.165, 1.54) is 18.2 Å². The number of carboxylic acids is 1. The topological polar surface area (TPSA) is 142 Å². The van der Waals surface area contributed by atoms with Gasteiger partial charge in [-0.3, -0.25) is 10.1 Å². The second kappa shape index (κ2) is 7.20. The monoisotopic (exact) mass is 297 g/mol. The number of nitrogens with one attached hydrogen (secondary N) is 2. The van der Waals surface area contributed by atoms with Crippen molar-refractivity contribution >= 4 is 23.4 Å². The SMILES string of the molecule is Cc1cc([N+](=O)[O-])ccc1NC(=O)NC(CCO)C(=O)O. The van der Waals surface area contributed by atoms with Crippen LogP contribution in [-0.4, -0.2) is 39.8 Å². The van der Waals surface area contributed by atoms with Gasteiger partial charge in [-0.05, 0) is 18.6 Å². The molecule has 1 aromatic carbocycles. The summed E-state index contributed by atoms with van der Waals surface area (Å²) < 4.78 is 0. The fourth-order valence-corrected chi connectivity index (χ4v) is 1.60. The number of carboxylic acid groups (broad SMARTS) is 1. The maximum atomic E-state index is 11.7. The molecule has 0 aliphatic carbocycles. The Hall–Kier alpha value is -2.68. The van der Waals surface area contributed by atoms with Crippen LogP contribution in [0.4, 0.5) is 16.2 Å². The number of hydrogen-bond acceptors (Lipinski definition) is 5. The zero-order valence-electron chi connectivity index (χ0n) is 11.2. The highest BCUT2D eigenvalue weighted by molar-refractivity contribution is 5.93. The summed E-state index contributed by atoms with van der Waals surface area (Å²) in [5, 5.41) is 32.7. The molecule has 4 N–H and O–H groups in total. The van der Waals surface area contributed by atoms with Crippen LogP contribution in [0.2, 0.25) is 0 Å². The molecule has 0 saturated heterocycles. The number of hydrogen-bond donors (Lipinski definition) is 4. The maximum Gasteiger partial charge on any atom is 0.326 e. The molecule has 1 rings (SSSR count). The normalized spacial score (nSPS) is 11.5. The predicted molar refractivity (Wildman–Crippen MR) is 73.1 cm³/mol. The van der Waals surface area contributed by atoms with Crippen LogP contribution in [0.25, 0.3) is 0 Å². The highest BCUT2D eigenvalue weighted by Crippen LogP contribution is 2.21. The van der Waals surface area contributed by atoms with Gasteiger partial charge in [0.25, 0.3) is 5.69 Å². The molecule has 1 aromatic rings. The van der Waals surface area contributed by atoms with Crippen molar-refractivity contribution in [1.29, 1.82) is 0 Å². The van der Waals surface area contributed by atoms with Crippen LogP contribution < -0.4 is 10.6 Å². The Labute approximate surface area is 119 Å². The minimum atomic E-state index is -1.26. The molecule has 0 radical (unpaired) electrons. The summed E-state index contributed by atoms with van der Waals surface area (Å²) in [6, 6.07) is 1.89. The van der Waals surface area contributed by atoms with Crippen LogP contribution in [0.1, 0.15) is 12.0 Å². The fraction of sp³-hybridized carbons (Fsp3) is 0.333. The van der Waals surface area contributed by atoms with E-state index in [2.05, 4.69) is 10.6 Å². The molecule has 1 unspecified atom stereocenters. The summed E-state index contributed by atoms with van der Waals surface area (Å²) in [4.78, 5) is 32.5. The highest BCUT2D eigenvalue weighted by atomic mass is 16.6. The molecule has 0 saturated carbocycles. The number of nitro groups is 1. The van der Waals surface area contributed by atoms with Crippen molar-refractivity contribution in [2.24, 2.45) is 0 Å². The number of aliphatic hydroxyl groups excluding tert-OH is 1. The molecular formula is C12H15N3O6. The third-order valence-corrected chi connectivity index (χ3v) is 2.69. The van der Waals surface area contributed by atoms with Crippen molar-refractivity contribution in [2.45, 2.75) is 19.4 Å². The lowest BCUT2D eigenvalue weighted by atomic mass is 10.2. The third kappa shape index (κ3) is 4.73. The maximum absolute atomic E-state index is 11.7. The largest absolute Gasteiger partial charge is 0.480 e. The van der Waals surface area contributed by atoms with Gasteiger partial charge in [-0.1, -0.05) is 0 Å². The number of nitrogens with zero attached hydrogens (tertiary/aromatic N) is 1. The second-order valence-electron chi connectivity index (χ2n) is 4.26. The molecule has 0 fully saturated rings. The molecule has 9 heteroatoms. The van der Waals surface area contributed by atoms with E-state index in [-0.39, 0.29) is 18.7 Å². The standard InChI is InChI=1S/C12H15N3O6/c1-7-6-8(15(20)21)2-3-9(7)13-12(19)14-10(4-5-16)11(17)18/h2-3,6,10,16H,4-5H2,1H3,(H,17,18)(H2,13,14,19). The molecule has 0 spiro atoms. The number of aliphatic carboxylic acids is 1. The number of nitro benzene ring substituents is 1. The Morgan fingerprint density at radius 2 is 2.10 bits per heavy atom. The zero-order chi connectivity index (χ0) is 16.0. The van der Waals surface area contributed by atoms with E-state index in [1.54, 1.807) is 6.92 Å². The molecule has 0 heterocycles. The van der Waals surface area contributed by atoms with Crippen LogP contribution >= 0.6 is 0 Å². The molecule has 21 heavy (non-hydrogen) atoms. The van der Waals surface area contributed by atoms with Crippen molar-refractivity contribution in [3.8, 4) is 0 Å². The lowest BCUT2D eigenvalue weighted by molar-refractivity contribution is -0.384. The van der Waals surface area contributed by atoms with E-state index in [0.29, 0.717) is 11.3 Å². The number of carbonyl (C=O) groups is 2. The molecule has 0 bridgehead atoms. The zero-order valence-corrected chi connectivity index (χ0v) is 11.2. The second-order valence-corrected chi connectivity index (χ2v) is 4.26. The van der Waals surface area contributed by atoms with Crippen LogP contribution in [0.5, 0.6) is 0 Å². The first-order valence-corrected chi connectivity index (χ1v) is 6.01. The predicted octanol–water partition coefficient (Wildman–Crippen LogP) is 0.860. The smallest absolute Gasteiger partial charge is 0.326 e. The van der Waals surface area contributed by atoms with Gasteiger partial charge in [-0.25, -0.2) is 9.59 Å². The number of aliphatic hydroxyl groups is 1. The number of benzene rings is 1. The number of non-ortho nitro benzene ring substituents is 1. The molecule has 9 nitrogen and oxygen atoms in total. The number of urea groups is 1. The van der Waals surface area contributed by atoms with Crippen molar-refractivity contribution < 1.29 is 24.7 Å². The summed E-state index contributed by atoms with van der Waals surface area (Å²) in [5.74, 6) is -1.26. The summed E-state index contributed by atoms with van der Waals surface area (Å²) in [6.45, 7) is 1.19. The molecule has 114 valence electrons. The highest BCUT2D eigenvalue weighted by Gasteiger charge is 2.19. The molecule has 0 aliphatic rings. The van der Waals surface area contributed by atoms with Crippen LogP contribution in [-0.2, 0) is 4.79 Å². The Balaban J connectivity index is 2.74. The van der Waals surface area contributed by atoms with Gasteiger partial charge in [-0.15, -0.1) is 0 Å². The molecule has 1 atom stereocenters. The minimum Gasteiger partial charge on any atom is -0.480 e. The third-order valence-electron chi connectivity index (χ3n) is 2.69. The number of carbonyl (C=O) groups excluding carboxylic acids is 1. The van der Waals surface area contributed by atoms with Gasteiger partial charge in [0.05, 0.1) is 4.92 Å². The van der Waals surface area contributed by atoms with Crippen molar-refractivity contribution in [3.63, 3.8) is 0 Å².